The Labute approximate surface area is 172 Å². The molecule has 0 aliphatic rings. The third kappa shape index (κ3) is 5.69. The van der Waals surface area contributed by atoms with Crippen LogP contribution in [0.4, 0.5) is 5.82 Å². The summed E-state index contributed by atoms with van der Waals surface area (Å²) in [4.78, 5) is 31.7. The summed E-state index contributed by atoms with van der Waals surface area (Å²) in [5.74, 6) is 0.987. The van der Waals surface area contributed by atoms with Crippen LogP contribution in [0.5, 0.6) is 5.75 Å². The number of hydrogen-bond donors (Lipinski definition) is 3. The molecular weight excluding hydrogens is 394 g/mol. The van der Waals surface area contributed by atoms with Crippen molar-refractivity contribution in [3.8, 4) is 11.4 Å². The highest BCUT2D eigenvalue weighted by atomic mass is 35.5. The van der Waals surface area contributed by atoms with Crippen LogP contribution < -0.4 is 26.5 Å². The van der Waals surface area contributed by atoms with Gasteiger partial charge in [-0.25, -0.2) is 0 Å². The summed E-state index contributed by atoms with van der Waals surface area (Å²) in [7, 11) is 0. The second-order valence-corrected chi connectivity index (χ2v) is 6.63. The topological polar surface area (TPSA) is 101 Å². The van der Waals surface area contributed by atoms with E-state index in [4.69, 9.17) is 16.3 Å². The van der Waals surface area contributed by atoms with Crippen LogP contribution in [0.3, 0.4) is 0 Å². The Morgan fingerprint density at radius 3 is 2.72 bits per heavy atom. The predicted molar refractivity (Wildman–Crippen MR) is 113 cm³/mol. The van der Waals surface area contributed by atoms with E-state index in [1.807, 2.05) is 6.92 Å². The van der Waals surface area contributed by atoms with Gasteiger partial charge < -0.3 is 20.4 Å². The van der Waals surface area contributed by atoms with Crippen LogP contribution in [0.25, 0.3) is 5.69 Å². The van der Waals surface area contributed by atoms with Crippen LogP contribution in [-0.2, 0) is 6.61 Å². The van der Waals surface area contributed by atoms with Crippen molar-refractivity contribution >= 4 is 17.4 Å². The molecule has 9 heteroatoms. The van der Waals surface area contributed by atoms with E-state index in [1.165, 1.54) is 23.0 Å². The molecule has 3 aromatic heterocycles. The Hall–Kier alpha value is -3.10. The highest BCUT2D eigenvalue weighted by molar-refractivity contribution is 6.30. The number of hydrogen-bond acceptors (Lipinski definition) is 6. The highest BCUT2D eigenvalue weighted by Crippen LogP contribution is 2.12. The number of ether oxygens (including phenoxy) is 1. The summed E-state index contributed by atoms with van der Waals surface area (Å²) < 4.78 is 6.87. The van der Waals surface area contributed by atoms with Crippen LogP contribution in [0, 0.1) is 0 Å². The van der Waals surface area contributed by atoms with Gasteiger partial charge in [-0.1, -0.05) is 18.5 Å². The van der Waals surface area contributed by atoms with Gasteiger partial charge in [0.15, 0.2) is 0 Å². The van der Waals surface area contributed by atoms with Gasteiger partial charge in [-0.15, -0.1) is 0 Å². The van der Waals surface area contributed by atoms with Crippen LogP contribution in [-0.4, -0.2) is 34.2 Å². The molecule has 0 saturated carbocycles. The minimum atomic E-state index is -0.370. The molecule has 0 fully saturated rings. The van der Waals surface area contributed by atoms with Crippen molar-refractivity contribution in [3.05, 3.63) is 80.2 Å². The van der Waals surface area contributed by atoms with Crippen LogP contribution >= 0.6 is 11.6 Å². The molecule has 0 unspecified atom stereocenters. The molecule has 0 saturated heterocycles. The quantitative estimate of drug-likeness (QED) is 0.463. The van der Waals surface area contributed by atoms with Gasteiger partial charge in [0.05, 0.1) is 10.7 Å². The largest absolute Gasteiger partial charge is 0.487 e. The molecule has 0 aliphatic carbocycles. The van der Waals surface area contributed by atoms with Crippen molar-refractivity contribution in [1.29, 1.82) is 0 Å². The van der Waals surface area contributed by atoms with E-state index < -0.39 is 0 Å². The van der Waals surface area contributed by atoms with E-state index in [-0.39, 0.29) is 23.4 Å². The number of anilines is 1. The number of pyridine rings is 3. The average molecular weight is 416 g/mol. The maximum atomic E-state index is 12.5. The van der Waals surface area contributed by atoms with Gasteiger partial charge in [-0.3, -0.25) is 19.1 Å². The third-order valence-electron chi connectivity index (χ3n) is 4.08. The number of H-pyrrole nitrogens is 1. The van der Waals surface area contributed by atoms with E-state index in [2.05, 4.69) is 20.6 Å². The lowest BCUT2D eigenvalue weighted by Crippen LogP contribution is -2.26. The zero-order valence-electron chi connectivity index (χ0n) is 15.9. The maximum absolute atomic E-state index is 12.5. The molecule has 0 radical (unpaired) electrons. The molecule has 29 heavy (non-hydrogen) atoms. The number of aromatic nitrogens is 3. The summed E-state index contributed by atoms with van der Waals surface area (Å²) in [6, 6.07) is 9.75. The number of nitrogens with one attached hydrogen (secondary N) is 3. The number of aromatic amines is 1. The summed E-state index contributed by atoms with van der Waals surface area (Å²) in [6.07, 6.45) is 3.04. The first-order chi connectivity index (χ1) is 14.1. The summed E-state index contributed by atoms with van der Waals surface area (Å²) in [5.41, 5.74) is 0.190. The van der Waals surface area contributed by atoms with E-state index >= 15 is 0 Å². The Bertz CT molecular complexity index is 1060. The first kappa shape index (κ1) is 20.6. The van der Waals surface area contributed by atoms with Gasteiger partial charge in [0.2, 0.25) is 0 Å². The van der Waals surface area contributed by atoms with Gasteiger partial charge in [0.25, 0.3) is 11.1 Å². The minimum Gasteiger partial charge on any atom is -0.487 e. The zero-order chi connectivity index (χ0) is 20.6. The standard InChI is InChI=1S/C20H22ClN5O3/c1-2-22-8-9-23-18-6-5-17(20(28)25-18)26-10-7-16(11-19(26)27)29-13-15-4-3-14(21)12-24-15/h3-7,10-12,22H,2,8-9,13H2,1H3,(H2,23,25,28). The fraction of sp³-hybridized carbons (Fsp3) is 0.250. The molecule has 0 amide bonds. The Kier molecular flexibility index (Phi) is 7.04. The summed E-state index contributed by atoms with van der Waals surface area (Å²) in [5, 5.41) is 6.85. The van der Waals surface area contributed by atoms with E-state index in [0.29, 0.717) is 28.8 Å². The molecule has 0 spiro atoms. The van der Waals surface area contributed by atoms with Crippen molar-refractivity contribution in [2.45, 2.75) is 13.5 Å². The van der Waals surface area contributed by atoms with Gasteiger partial charge >= 0.3 is 0 Å². The lowest BCUT2D eigenvalue weighted by Gasteiger charge is -2.10. The van der Waals surface area contributed by atoms with Gasteiger partial charge in [-0.2, -0.15) is 0 Å². The van der Waals surface area contributed by atoms with Crippen molar-refractivity contribution in [1.82, 2.24) is 19.9 Å². The number of nitrogens with zero attached hydrogens (tertiary/aromatic N) is 2. The maximum Gasteiger partial charge on any atom is 0.273 e. The van der Waals surface area contributed by atoms with Gasteiger partial charge in [0.1, 0.15) is 23.9 Å². The number of rotatable bonds is 9. The van der Waals surface area contributed by atoms with E-state index in [1.54, 1.807) is 30.3 Å². The Balaban J connectivity index is 1.68. The van der Waals surface area contributed by atoms with Crippen molar-refractivity contribution in [3.63, 3.8) is 0 Å². The lowest BCUT2D eigenvalue weighted by atomic mass is 10.3. The van der Waals surface area contributed by atoms with Crippen molar-refractivity contribution in [2.24, 2.45) is 0 Å². The summed E-state index contributed by atoms with van der Waals surface area (Å²) in [6.45, 7) is 4.58. The zero-order valence-corrected chi connectivity index (χ0v) is 16.7. The van der Waals surface area contributed by atoms with Crippen molar-refractivity contribution in [2.75, 3.05) is 25.0 Å². The summed E-state index contributed by atoms with van der Waals surface area (Å²) >= 11 is 5.80. The first-order valence-electron chi connectivity index (χ1n) is 9.21. The number of likely N-dealkylation sites (N-methyl/N-ethyl adjacent to an activating group) is 1. The number of halogens is 1. The monoisotopic (exact) mass is 415 g/mol. The molecule has 0 aromatic carbocycles. The molecule has 3 aromatic rings. The smallest absolute Gasteiger partial charge is 0.273 e. The van der Waals surface area contributed by atoms with Crippen LogP contribution in [0.1, 0.15) is 12.6 Å². The minimum absolute atomic E-state index is 0.203. The molecule has 0 atom stereocenters. The molecule has 152 valence electrons. The Morgan fingerprint density at radius 2 is 2.03 bits per heavy atom. The molecule has 3 heterocycles. The van der Waals surface area contributed by atoms with Crippen molar-refractivity contribution < 1.29 is 4.74 Å². The predicted octanol–water partition coefficient (Wildman–Crippen LogP) is 2.17. The highest BCUT2D eigenvalue weighted by Gasteiger charge is 2.07. The molecule has 3 rings (SSSR count). The van der Waals surface area contributed by atoms with Crippen LogP contribution in [0.2, 0.25) is 5.02 Å². The lowest BCUT2D eigenvalue weighted by molar-refractivity contribution is 0.300. The molecular formula is C20H22ClN5O3. The van der Waals surface area contributed by atoms with Gasteiger partial charge in [-0.05, 0) is 36.9 Å². The van der Waals surface area contributed by atoms with Crippen LogP contribution in [0.15, 0.2) is 58.4 Å². The van der Waals surface area contributed by atoms with Gasteiger partial charge in [0, 0.05) is 31.5 Å². The molecule has 0 bridgehead atoms. The average Bonchev–Trinajstić information content (AvgIpc) is 2.71. The first-order valence-corrected chi connectivity index (χ1v) is 9.59. The third-order valence-corrected chi connectivity index (χ3v) is 4.31. The van der Waals surface area contributed by atoms with E-state index in [9.17, 15) is 9.59 Å². The fourth-order valence-corrected chi connectivity index (χ4v) is 2.73. The molecule has 0 aliphatic heterocycles. The Morgan fingerprint density at radius 1 is 1.17 bits per heavy atom. The van der Waals surface area contributed by atoms with E-state index in [0.717, 1.165) is 13.1 Å². The second-order valence-electron chi connectivity index (χ2n) is 6.19. The molecule has 3 N–H and O–H groups in total. The normalized spacial score (nSPS) is 10.7. The molecule has 8 nitrogen and oxygen atoms in total. The SMILES string of the molecule is CCNCCNc1ccc(-n2ccc(OCc3ccc(Cl)cn3)cc2=O)c(=O)[nH]1. The fourth-order valence-electron chi connectivity index (χ4n) is 2.62. The second kappa shape index (κ2) is 9.90.